The molecule has 164 valence electrons. The van der Waals surface area contributed by atoms with Crippen LogP contribution in [0.3, 0.4) is 0 Å². The van der Waals surface area contributed by atoms with Crippen molar-refractivity contribution < 1.29 is 28.9 Å². The summed E-state index contributed by atoms with van der Waals surface area (Å²) in [7, 11) is 0. The van der Waals surface area contributed by atoms with E-state index < -0.39 is 11.5 Å². The van der Waals surface area contributed by atoms with E-state index in [1.807, 2.05) is 24.3 Å². The number of carbonyl (C=O) groups is 2. The Balaban J connectivity index is 1.13. The number of carbonyl (C=O) groups excluding carboxylic acids is 2. The number of anilines is 1. The lowest BCUT2D eigenvalue weighted by Crippen LogP contribution is -2.32. The maximum Gasteiger partial charge on any atom is 0.288 e. The van der Waals surface area contributed by atoms with Crippen LogP contribution >= 0.6 is 11.8 Å². The second kappa shape index (κ2) is 9.90. The molecule has 9 nitrogen and oxygen atoms in total. The zero-order valence-corrected chi connectivity index (χ0v) is 17.4. The Morgan fingerprint density at radius 2 is 1.97 bits per heavy atom. The van der Waals surface area contributed by atoms with Crippen molar-refractivity contribution in [3.8, 4) is 17.2 Å². The van der Waals surface area contributed by atoms with Crippen LogP contribution in [-0.4, -0.2) is 54.2 Å². The molecule has 4 rings (SSSR count). The fourth-order valence-corrected chi connectivity index (χ4v) is 3.82. The van der Waals surface area contributed by atoms with Gasteiger partial charge in [-0.3, -0.25) is 14.9 Å². The maximum absolute atomic E-state index is 11.6. The van der Waals surface area contributed by atoms with Gasteiger partial charge in [-0.1, -0.05) is 12.1 Å². The smallest absolute Gasteiger partial charge is 0.288 e. The van der Waals surface area contributed by atoms with E-state index in [0.717, 1.165) is 29.4 Å². The van der Waals surface area contributed by atoms with Crippen molar-refractivity contribution in [1.29, 1.82) is 0 Å². The normalized spacial score (nSPS) is 18.0. The molecule has 2 aromatic rings. The molecule has 0 spiro atoms. The minimum atomic E-state index is -0.644. The minimum absolute atomic E-state index is 0.169. The fourth-order valence-electron chi connectivity index (χ4n) is 3.09. The van der Waals surface area contributed by atoms with E-state index >= 15 is 0 Å². The van der Waals surface area contributed by atoms with Crippen molar-refractivity contribution >= 4 is 28.6 Å². The van der Waals surface area contributed by atoms with Crippen LogP contribution in [0.15, 0.2) is 42.5 Å². The van der Waals surface area contributed by atoms with Crippen LogP contribution < -0.4 is 30.2 Å². The predicted octanol–water partition coefficient (Wildman–Crippen LogP) is 1.71. The SMILES string of the molecule is O=C1NC(=O)C(Nc2ccc(CCNCC(O)COc3ccc4c(c3)OCO4)cc2)S1. The van der Waals surface area contributed by atoms with Gasteiger partial charge in [0.1, 0.15) is 18.5 Å². The van der Waals surface area contributed by atoms with E-state index in [2.05, 4.69) is 16.0 Å². The van der Waals surface area contributed by atoms with Crippen molar-refractivity contribution in [2.75, 3.05) is 31.8 Å². The first-order valence-electron chi connectivity index (χ1n) is 9.85. The Morgan fingerprint density at radius 1 is 1.16 bits per heavy atom. The Morgan fingerprint density at radius 3 is 2.74 bits per heavy atom. The number of ether oxygens (including phenoxy) is 3. The summed E-state index contributed by atoms with van der Waals surface area (Å²) >= 11 is 0.933. The van der Waals surface area contributed by atoms with Crippen LogP contribution in [-0.2, 0) is 11.2 Å². The molecule has 0 saturated carbocycles. The summed E-state index contributed by atoms with van der Waals surface area (Å²) in [6.07, 6.45) is 0.141. The van der Waals surface area contributed by atoms with Gasteiger partial charge in [0.15, 0.2) is 16.9 Å². The number of hydrogen-bond donors (Lipinski definition) is 4. The molecule has 1 saturated heterocycles. The third-order valence-corrected chi connectivity index (χ3v) is 5.58. The van der Waals surface area contributed by atoms with Gasteiger partial charge >= 0.3 is 0 Å². The number of nitrogens with one attached hydrogen (secondary N) is 3. The number of amides is 2. The van der Waals surface area contributed by atoms with Crippen LogP contribution in [0, 0.1) is 0 Å². The van der Waals surface area contributed by atoms with Crippen LogP contribution in [0.4, 0.5) is 10.5 Å². The quantitative estimate of drug-likeness (QED) is 0.405. The number of fused-ring (bicyclic) bond motifs is 1. The first kappa shape index (κ1) is 21.3. The molecule has 2 heterocycles. The number of benzene rings is 2. The highest BCUT2D eigenvalue weighted by atomic mass is 32.2. The fraction of sp³-hybridized carbons (Fsp3) is 0.333. The van der Waals surface area contributed by atoms with Crippen molar-refractivity contribution in [1.82, 2.24) is 10.6 Å². The van der Waals surface area contributed by atoms with E-state index in [4.69, 9.17) is 14.2 Å². The van der Waals surface area contributed by atoms with Gasteiger partial charge in [-0.05, 0) is 54.6 Å². The van der Waals surface area contributed by atoms with Crippen LogP contribution in [0.2, 0.25) is 0 Å². The third-order valence-electron chi connectivity index (χ3n) is 4.70. The maximum atomic E-state index is 11.6. The summed E-state index contributed by atoms with van der Waals surface area (Å²) in [5, 5.41) is 17.6. The highest BCUT2D eigenvalue weighted by Crippen LogP contribution is 2.35. The zero-order valence-electron chi connectivity index (χ0n) is 16.6. The molecule has 2 unspecified atom stereocenters. The molecule has 2 atom stereocenters. The minimum Gasteiger partial charge on any atom is -0.491 e. The van der Waals surface area contributed by atoms with E-state index in [0.29, 0.717) is 30.3 Å². The van der Waals surface area contributed by atoms with E-state index in [1.165, 1.54) is 0 Å². The van der Waals surface area contributed by atoms with Gasteiger partial charge in [0, 0.05) is 18.3 Å². The molecule has 2 aromatic carbocycles. The summed E-state index contributed by atoms with van der Waals surface area (Å²) in [5.74, 6) is 1.63. The lowest BCUT2D eigenvalue weighted by molar-refractivity contribution is -0.118. The van der Waals surface area contributed by atoms with Crippen molar-refractivity contribution in [2.45, 2.75) is 17.9 Å². The molecule has 2 amide bonds. The molecule has 0 aromatic heterocycles. The number of rotatable bonds is 10. The molecular weight excluding hydrogens is 422 g/mol. The van der Waals surface area contributed by atoms with Gasteiger partial charge in [-0.2, -0.15) is 0 Å². The molecule has 2 aliphatic rings. The summed E-state index contributed by atoms with van der Waals surface area (Å²) in [4.78, 5) is 22.8. The largest absolute Gasteiger partial charge is 0.491 e. The van der Waals surface area contributed by atoms with Gasteiger partial charge in [0.25, 0.3) is 11.1 Å². The topological polar surface area (TPSA) is 118 Å². The summed E-state index contributed by atoms with van der Waals surface area (Å²) in [5.41, 5.74) is 1.89. The predicted molar refractivity (Wildman–Crippen MR) is 116 cm³/mol. The van der Waals surface area contributed by atoms with Crippen molar-refractivity contribution in [3.63, 3.8) is 0 Å². The number of aliphatic hydroxyl groups excluding tert-OH is 1. The molecule has 0 bridgehead atoms. The van der Waals surface area contributed by atoms with Crippen LogP contribution in [0.1, 0.15) is 5.56 Å². The van der Waals surface area contributed by atoms with E-state index in [-0.39, 0.29) is 24.5 Å². The highest BCUT2D eigenvalue weighted by molar-refractivity contribution is 8.15. The second-order valence-electron chi connectivity index (χ2n) is 7.05. The first-order valence-corrected chi connectivity index (χ1v) is 10.7. The van der Waals surface area contributed by atoms with Crippen LogP contribution in [0.5, 0.6) is 17.2 Å². The Hall–Kier alpha value is -2.95. The lowest BCUT2D eigenvalue weighted by atomic mass is 10.1. The molecule has 10 heteroatoms. The second-order valence-corrected chi connectivity index (χ2v) is 8.13. The third kappa shape index (κ3) is 5.81. The average Bonchev–Trinajstić information content (AvgIpc) is 3.36. The Labute approximate surface area is 183 Å². The molecule has 31 heavy (non-hydrogen) atoms. The van der Waals surface area contributed by atoms with Gasteiger partial charge in [-0.25, -0.2) is 0 Å². The van der Waals surface area contributed by atoms with Gasteiger partial charge in [0.05, 0.1) is 0 Å². The monoisotopic (exact) mass is 445 g/mol. The van der Waals surface area contributed by atoms with Gasteiger partial charge in [0.2, 0.25) is 6.79 Å². The van der Waals surface area contributed by atoms with E-state index in [9.17, 15) is 14.7 Å². The summed E-state index contributed by atoms with van der Waals surface area (Å²) in [6, 6.07) is 13.0. The summed E-state index contributed by atoms with van der Waals surface area (Å²) in [6.45, 7) is 1.49. The number of thioether (sulfide) groups is 1. The van der Waals surface area contributed by atoms with Crippen molar-refractivity contribution in [3.05, 3.63) is 48.0 Å². The molecule has 2 aliphatic heterocycles. The molecular formula is C21H23N3O6S. The summed E-state index contributed by atoms with van der Waals surface area (Å²) < 4.78 is 16.2. The Bertz CT molecular complexity index is 939. The zero-order chi connectivity index (χ0) is 21.6. The number of hydrogen-bond acceptors (Lipinski definition) is 9. The Kier molecular flexibility index (Phi) is 6.80. The van der Waals surface area contributed by atoms with Crippen molar-refractivity contribution in [2.24, 2.45) is 0 Å². The standard InChI is InChI=1S/C21H23N3O6S/c25-15(11-28-16-5-6-17-18(9-16)30-12-29-17)10-22-8-7-13-1-3-14(4-2-13)23-20-19(26)24-21(27)31-20/h1-6,9,15,20,22-23,25H,7-8,10-12H2,(H,24,26,27). The lowest BCUT2D eigenvalue weighted by Gasteiger charge is -2.14. The molecule has 1 fully saturated rings. The number of aliphatic hydroxyl groups is 1. The molecule has 0 radical (unpaired) electrons. The van der Waals surface area contributed by atoms with E-state index in [1.54, 1.807) is 18.2 Å². The number of imide groups is 1. The highest BCUT2D eigenvalue weighted by Gasteiger charge is 2.31. The average molecular weight is 445 g/mol. The first-order chi connectivity index (χ1) is 15.1. The molecule has 4 N–H and O–H groups in total. The van der Waals surface area contributed by atoms with Gasteiger partial charge in [-0.15, -0.1) is 0 Å². The van der Waals surface area contributed by atoms with Gasteiger partial charge < -0.3 is 30.0 Å². The molecule has 0 aliphatic carbocycles. The van der Waals surface area contributed by atoms with Crippen LogP contribution in [0.25, 0.3) is 0 Å².